The Morgan fingerprint density at radius 2 is 1.87 bits per heavy atom. The fraction of sp³-hybridized carbons (Fsp3) is 0.435. The van der Waals surface area contributed by atoms with Crippen molar-refractivity contribution in [3.8, 4) is 27.6 Å². The summed E-state index contributed by atoms with van der Waals surface area (Å²) in [4.78, 5) is 17.3. The van der Waals surface area contributed by atoms with Gasteiger partial charge in [-0.2, -0.15) is 0 Å². The lowest BCUT2D eigenvalue weighted by atomic mass is 9.92. The van der Waals surface area contributed by atoms with Crippen molar-refractivity contribution in [1.82, 2.24) is 19.9 Å². The van der Waals surface area contributed by atoms with E-state index in [1.807, 2.05) is 30.3 Å². The van der Waals surface area contributed by atoms with Crippen LogP contribution in [0, 0.1) is 0 Å². The van der Waals surface area contributed by atoms with Crippen molar-refractivity contribution in [3.05, 3.63) is 41.5 Å². The first-order valence-corrected chi connectivity index (χ1v) is 11.5. The zero-order valence-corrected chi connectivity index (χ0v) is 18.7. The number of thiazole rings is 1. The summed E-state index contributed by atoms with van der Waals surface area (Å²) in [5.41, 5.74) is 1.74. The van der Waals surface area contributed by atoms with E-state index in [-0.39, 0.29) is 0 Å². The van der Waals surface area contributed by atoms with Gasteiger partial charge in [0.25, 0.3) is 0 Å². The number of nitrogens with one attached hydrogen (secondary N) is 1. The molecule has 0 atom stereocenters. The molecule has 1 saturated carbocycles. The molecule has 8 heteroatoms. The number of benzene rings is 1. The molecule has 162 valence electrons. The highest BCUT2D eigenvalue weighted by Crippen LogP contribution is 2.43. The molecule has 1 saturated heterocycles. The van der Waals surface area contributed by atoms with E-state index in [9.17, 15) is 5.11 Å². The van der Waals surface area contributed by atoms with E-state index in [1.165, 1.54) is 11.3 Å². The lowest BCUT2D eigenvalue weighted by Gasteiger charge is -2.34. The van der Waals surface area contributed by atoms with Gasteiger partial charge in [0, 0.05) is 30.9 Å². The van der Waals surface area contributed by atoms with Crippen molar-refractivity contribution in [2.24, 2.45) is 0 Å². The van der Waals surface area contributed by atoms with Gasteiger partial charge in [-0.1, -0.05) is 0 Å². The second-order valence-electron chi connectivity index (χ2n) is 8.44. The number of hydrogen-bond donors (Lipinski definition) is 2. The molecular weight excluding hydrogens is 410 g/mol. The summed E-state index contributed by atoms with van der Waals surface area (Å²) in [5.74, 6) is 1.45. The molecule has 1 aromatic carbocycles. The molecule has 0 radical (unpaired) electrons. The van der Waals surface area contributed by atoms with Gasteiger partial charge in [0.15, 0.2) is 0 Å². The van der Waals surface area contributed by atoms with Crippen LogP contribution in [0.5, 0.6) is 5.75 Å². The second kappa shape index (κ2) is 8.18. The average molecular weight is 438 g/mol. The van der Waals surface area contributed by atoms with Crippen molar-refractivity contribution in [2.45, 2.75) is 37.3 Å². The number of hydrogen-bond acceptors (Lipinski definition) is 8. The molecule has 1 aliphatic carbocycles. The van der Waals surface area contributed by atoms with Crippen LogP contribution in [0.15, 0.2) is 36.5 Å². The molecule has 3 heterocycles. The van der Waals surface area contributed by atoms with Gasteiger partial charge >= 0.3 is 0 Å². The largest absolute Gasteiger partial charge is 0.497 e. The fourth-order valence-electron chi connectivity index (χ4n) is 3.80. The van der Waals surface area contributed by atoms with Crippen LogP contribution in [0.2, 0.25) is 0 Å². The van der Waals surface area contributed by atoms with E-state index in [4.69, 9.17) is 14.7 Å². The number of methoxy groups -OCH3 is 1. The lowest BCUT2D eigenvalue weighted by molar-refractivity contribution is -0.0203. The standard InChI is InChI=1S/C23H27N5O2S/c1-28-13-10-23(29,11-14-28)21-27-19(15-3-7-17(30-2)8-4-15)20(31-21)18-9-12-24-22(26-18)25-16-5-6-16/h3-4,7-9,12,16,29H,5-6,10-11,13-14H2,1-2H3,(H,24,25,26). The Balaban J connectivity index is 1.57. The Morgan fingerprint density at radius 1 is 1.13 bits per heavy atom. The number of ether oxygens (including phenoxy) is 1. The first-order chi connectivity index (χ1) is 15.0. The third kappa shape index (κ3) is 4.28. The third-order valence-corrected chi connectivity index (χ3v) is 7.27. The van der Waals surface area contributed by atoms with Crippen LogP contribution in [0.4, 0.5) is 5.95 Å². The maximum atomic E-state index is 11.4. The summed E-state index contributed by atoms with van der Waals surface area (Å²) in [6, 6.07) is 10.3. The van der Waals surface area contributed by atoms with Crippen molar-refractivity contribution in [3.63, 3.8) is 0 Å². The molecule has 3 aromatic rings. The lowest BCUT2D eigenvalue weighted by Crippen LogP contribution is -2.40. The second-order valence-corrected chi connectivity index (χ2v) is 9.44. The van der Waals surface area contributed by atoms with Crippen LogP contribution in [0.3, 0.4) is 0 Å². The number of anilines is 1. The molecule has 1 aliphatic heterocycles. The van der Waals surface area contributed by atoms with E-state index in [0.717, 1.165) is 58.5 Å². The molecule has 0 amide bonds. The molecule has 2 fully saturated rings. The van der Waals surface area contributed by atoms with Crippen LogP contribution in [0.1, 0.15) is 30.7 Å². The van der Waals surface area contributed by atoms with Gasteiger partial charge in [-0.3, -0.25) is 0 Å². The summed E-state index contributed by atoms with van der Waals surface area (Å²) in [5, 5.41) is 15.5. The minimum Gasteiger partial charge on any atom is -0.497 e. The van der Waals surface area contributed by atoms with E-state index in [2.05, 4.69) is 22.2 Å². The summed E-state index contributed by atoms with van der Waals surface area (Å²) in [6.07, 6.45) is 5.47. The van der Waals surface area contributed by atoms with Crippen molar-refractivity contribution in [2.75, 3.05) is 32.6 Å². The summed E-state index contributed by atoms with van der Waals surface area (Å²) in [6.45, 7) is 1.71. The predicted molar refractivity (Wildman–Crippen MR) is 122 cm³/mol. The predicted octanol–water partition coefficient (Wildman–Crippen LogP) is 3.76. The Morgan fingerprint density at radius 3 is 2.55 bits per heavy atom. The zero-order chi connectivity index (χ0) is 21.4. The van der Waals surface area contributed by atoms with Gasteiger partial charge in [0.05, 0.1) is 23.4 Å². The normalized spacial score (nSPS) is 18.7. The zero-order valence-electron chi connectivity index (χ0n) is 17.8. The highest BCUT2D eigenvalue weighted by Gasteiger charge is 2.37. The highest BCUT2D eigenvalue weighted by molar-refractivity contribution is 7.15. The van der Waals surface area contributed by atoms with Crippen LogP contribution >= 0.6 is 11.3 Å². The average Bonchev–Trinajstić information content (AvgIpc) is 3.49. The Bertz CT molecular complexity index is 1060. The van der Waals surface area contributed by atoms with E-state index < -0.39 is 5.60 Å². The highest BCUT2D eigenvalue weighted by atomic mass is 32.1. The minimum absolute atomic E-state index is 0.480. The minimum atomic E-state index is -0.904. The van der Waals surface area contributed by atoms with Gasteiger partial charge in [0.1, 0.15) is 16.4 Å². The number of rotatable bonds is 6. The quantitative estimate of drug-likeness (QED) is 0.607. The third-order valence-electron chi connectivity index (χ3n) is 6.00. The maximum Gasteiger partial charge on any atom is 0.223 e. The van der Waals surface area contributed by atoms with E-state index in [1.54, 1.807) is 13.3 Å². The van der Waals surface area contributed by atoms with Crippen LogP contribution in [-0.2, 0) is 5.60 Å². The van der Waals surface area contributed by atoms with Gasteiger partial charge in [-0.15, -0.1) is 11.3 Å². The molecule has 7 nitrogen and oxygen atoms in total. The molecule has 2 N–H and O–H groups in total. The topological polar surface area (TPSA) is 83.4 Å². The Labute approximate surface area is 186 Å². The molecule has 5 rings (SSSR count). The first-order valence-electron chi connectivity index (χ1n) is 10.7. The smallest absolute Gasteiger partial charge is 0.223 e. The van der Waals surface area contributed by atoms with E-state index >= 15 is 0 Å². The summed E-state index contributed by atoms with van der Waals surface area (Å²) in [7, 11) is 3.75. The van der Waals surface area contributed by atoms with Crippen molar-refractivity contribution < 1.29 is 9.84 Å². The van der Waals surface area contributed by atoms with Crippen LogP contribution < -0.4 is 10.1 Å². The number of likely N-dealkylation sites (tertiary alicyclic amines) is 1. The Hall–Kier alpha value is -2.55. The van der Waals surface area contributed by atoms with E-state index in [0.29, 0.717) is 24.8 Å². The van der Waals surface area contributed by atoms with Gasteiger partial charge in [-0.05, 0) is 63.1 Å². The van der Waals surface area contributed by atoms with Gasteiger partial charge in [-0.25, -0.2) is 15.0 Å². The summed E-state index contributed by atoms with van der Waals surface area (Å²) >= 11 is 1.54. The molecule has 31 heavy (non-hydrogen) atoms. The van der Waals surface area contributed by atoms with Gasteiger partial charge < -0.3 is 20.1 Å². The first kappa shape index (κ1) is 20.4. The van der Waals surface area contributed by atoms with Gasteiger partial charge in [0.2, 0.25) is 5.95 Å². The number of nitrogens with zero attached hydrogens (tertiary/aromatic N) is 4. The molecular formula is C23H27N5O2S. The SMILES string of the molecule is COc1ccc(-c2nc(C3(O)CCN(C)CC3)sc2-c2ccnc(NC3CC3)n2)cc1. The summed E-state index contributed by atoms with van der Waals surface area (Å²) < 4.78 is 5.31. The molecule has 2 aromatic heterocycles. The molecule has 2 aliphatic rings. The Kier molecular flexibility index (Phi) is 5.37. The maximum absolute atomic E-state index is 11.4. The van der Waals surface area contributed by atoms with Crippen LogP contribution in [0.25, 0.3) is 21.8 Å². The molecule has 0 spiro atoms. The monoisotopic (exact) mass is 437 g/mol. The number of aromatic nitrogens is 3. The fourth-order valence-corrected chi connectivity index (χ4v) is 5.01. The van der Waals surface area contributed by atoms with Crippen LogP contribution in [-0.4, -0.2) is 58.2 Å². The molecule has 0 bridgehead atoms. The number of aliphatic hydroxyl groups is 1. The van der Waals surface area contributed by atoms with Crippen molar-refractivity contribution in [1.29, 1.82) is 0 Å². The van der Waals surface area contributed by atoms with Crippen molar-refractivity contribution >= 4 is 17.3 Å². The molecule has 0 unspecified atom stereocenters. The number of piperidine rings is 1.